The molecule has 0 aliphatic heterocycles. The van der Waals surface area contributed by atoms with Gasteiger partial charge in [-0.15, -0.1) is 0 Å². The Labute approximate surface area is 97.6 Å². The first-order chi connectivity index (χ1) is 7.65. The molecule has 0 saturated heterocycles. The van der Waals surface area contributed by atoms with Gasteiger partial charge in [0.25, 0.3) is 5.69 Å². The van der Waals surface area contributed by atoms with Crippen molar-refractivity contribution in [3.05, 3.63) is 45.5 Å². The number of nitrogens with two attached hydrogens (primary N) is 1. The van der Waals surface area contributed by atoms with Gasteiger partial charge in [0.1, 0.15) is 17.4 Å². The summed E-state index contributed by atoms with van der Waals surface area (Å²) in [6, 6.07) is 4.22. The quantitative estimate of drug-likeness (QED) is 0.487. The summed E-state index contributed by atoms with van der Waals surface area (Å²) in [6.07, 6.45) is 3.52. The van der Waals surface area contributed by atoms with Crippen LogP contribution in [0.4, 0.5) is 5.69 Å². The van der Waals surface area contributed by atoms with E-state index in [1.54, 1.807) is 12.2 Å². The summed E-state index contributed by atoms with van der Waals surface area (Å²) in [5, 5.41) is 10.5. The lowest BCUT2D eigenvalue weighted by Gasteiger charge is -2.03. The second-order valence-electron chi connectivity index (χ2n) is 2.89. The number of halogens is 1. The van der Waals surface area contributed by atoms with Crippen LogP contribution in [0, 0.1) is 10.1 Å². The molecule has 0 aliphatic rings. The number of hydrogen-bond acceptors (Lipinski definition) is 4. The highest BCUT2D eigenvalue weighted by Gasteiger charge is 2.12. The average molecular weight is 243 g/mol. The molecule has 0 atom stereocenters. The van der Waals surface area contributed by atoms with Gasteiger partial charge in [0.2, 0.25) is 0 Å². The van der Waals surface area contributed by atoms with E-state index in [9.17, 15) is 10.1 Å². The first-order valence-corrected chi connectivity index (χ1v) is 4.94. The molecule has 86 valence electrons. The zero-order chi connectivity index (χ0) is 12.0. The average Bonchev–Trinajstić information content (AvgIpc) is 2.24. The normalized spacial score (nSPS) is 10.6. The van der Waals surface area contributed by atoms with E-state index < -0.39 is 4.92 Å². The van der Waals surface area contributed by atoms with Gasteiger partial charge in [0, 0.05) is 18.7 Å². The molecule has 1 aromatic rings. The largest absolute Gasteiger partial charge is 0.489 e. The zero-order valence-electron chi connectivity index (χ0n) is 8.43. The number of hydrogen-bond donors (Lipinski definition) is 1. The molecule has 2 N–H and O–H groups in total. The first kappa shape index (κ1) is 12.5. The molecule has 0 bridgehead atoms. The zero-order valence-corrected chi connectivity index (χ0v) is 9.18. The highest BCUT2D eigenvalue weighted by atomic mass is 35.5. The fourth-order valence-electron chi connectivity index (χ4n) is 1.03. The van der Waals surface area contributed by atoms with Gasteiger partial charge in [-0.1, -0.05) is 23.8 Å². The molecule has 1 rings (SSSR count). The molecule has 0 aromatic heterocycles. The van der Waals surface area contributed by atoms with E-state index in [-0.39, 0.29) is 10.7 Å². The maximum atomic E-state index is 10.5. The van der Waals surface area contributed by atoms with Crippen molar-refractivity contribution in [1.29, 1.82) is 0 Å². The summed E-state index contributed by atoms with van der Waals surface area (Å²) >= 11 is 5.70. The lowest BCUT2D eigenvalue weighted by molar-refractivity contribution is -0.384. The Hall–Kier alpha value is -1.59. The third kappa shape index (κ3) is 3.52. The second kappa shape index (κ2) is 6.09. The van der Waals surface area contributed by atoms with Crippen LogP contribution in [-0.2, 0) is 0 Å². The minimum absolute atomic E-state index is 0.0605. The van der Waals surface area contributed by atoms with E-state index in [4.69, 9.17) is 22.1 Å². The second-order valence-corrected chi connectivity index (χ2v) is 3.30. The fourth-order valence-corrected chi connectivity index (χ4v) is 1.27. The van der Waals surface area contributed by atoms with Crippen molar-refractivity contribution in [2.45, 2.75) is 0 Å². The van der Waals surface area contributed by atoms with Gasteiger partial charge in [-0.25, -0.2) is 0 Å². The van der Waals surface area contributed by atoms with Gasteiger partial charge in [-0.3, -0.25) is 10.1 Å². The van der Waals surface area contributed by atoms with Crippen LogP contribution >= 0.6 is 11.6 Å². The number of nitrogens with zero attached hydrogens (tertiary/aromatic N) is 1. The molecular weight excluding hydrogens is 232 g/mol. The summed E-state index contributed by atoms with van der Waals surface area (Å²) in [7, 11) is 0. The Morgan fingerprint density at radius 1 is 1.50 bits per heavy atom. The minimum Gasteiger partial charge on any atom is -0.489 e. The van der Waals surface area contributed by atoms with Gasteiger partial charge in [-0.05, 0) is 6.07 Å². The molecule has 0 spiro atoms. The van der Waals surface area contributed by atoms with Crippen LogP contribution < -0.4 is 10.5 Å². The lowest BCUT2D eigenvalue weighted by Crippen LogP contribution is -1.97. The molecular formula is C10H11ClN2O3. The van der Waals surface area contributed by atoms with Crippen molar-refractivity contribution in [1.82, 2.24) is 0 Å². The number of nitro groups is 1. The highest BCUT2D eigenvalue weighted by molar-refractivity contribution is 6.32. The van der Waals surface area contributed by atoms with E-state index in [1.165, 1.54) is 18.2 Å². The molecule has 0 saturated carbocycles. The van der Waals surface area contributed by atoms with Gasteiger partial charge in [0.15, 0.2) is 0 Å². The van der Waals surface area contributed by atoms with Crippen molar-refractivity contribution in [3.8, 4) is 5.75 Å². The predicted octanol–water partition coefficient (Wildman–Crippen LogP) is 2.14. The fraction of sp³-hybridized carbons (Fsp3) is 0.200. The Balaban J connectivity index is 2.66. The topological polar surface area (TPSA) is 78.4 Å². The SMILES string of the molecule is NCC=CCOc1ccc([N+](=O)[O-])c(Cl)c1. The Morgan fingerprint density at radius 2 is 2.25 bits per heavy atom. The molecule has 0 amide bonds. The summed E-state index contributed by atoms with van der Waals surface area (Å²) in [6.45, 7) is 0.801. The van der Waals surface area contributed by atoms with Crippen molar-refractivity contribution >= 4 is 17.3 Å². The van der Waals surface area contributed by atoms with Crippen LogP contribution in [0.5, 0.6) is 5.75 Å². The number of ether oxygens (including phenoxy) is 1. The third-order valence-corrected chi connectivity index (χ3v) is 2.07. The van der Waals surface area contributed by atoms with Crippen LogP contribution in [-0.4, -0.2) is 18.1 Å². The standard InChI is InChI=1S/C10H11ClN2O3/c11-9-7-8(16-6-2-1-5-12)3-4-10(9)13(14)15/h1-4,7H,5-6,12H2. The molecule has 16 heavy (non-hydrogen) atoms. The smallest absolute Gasteiger partial charge is 0.288 e. The van der Waals surface area contributed by atoms with Crippen molar-refractivity contribution in [2.24, 2.45) is 5.73 Å². The van der Waals surface area contributed by atoms with E-state index in [0.29, 0.717) is 18.9 Å². The van der Waals surface area contributed by atoms with Crippen LogP contribution in [0.25, 0.3) is 0 Å². The number of nitro benzene ring substituents is 1. The van der Waals surface area contributed by atoms with Crippen molar-refractivity contribution in [2.75, 3.05) is 13.2 Å². The predicted molar refractivity (Wildman–Crippen MR) is 61.8 cm³/mol. The molecule has 0 radical (unpaired) electrons. The molecule has 1 aromatic carbocycles. The maximum Gasteiger partial charge on any atom is 0.288 e. The number of rotatable bonds is 5. The molecule has 0 heterocycles. The van der Waals surface area contributed by atoms with E-state index in [1.807, 2.05) is 0 Å². The third-order valence-electron chi connectivity index (χ3n) is 1.76. The van der Waals surface area contributed by atoms with Gasteiger partial charge >= 0.3 is 0 Å². The highest BCUT2D eigenvalue weighted by Crippen LogP contribution is 2.28. The lowest BCUT2D eigenvalue weighted by atomic mass is 10.3. The Morgan fingerprint density at radius 3 is 2.81 bits per heavy atom. The summed E-state index contributed by atoms with van der Waals surface area (Å²) in [4.78, 5) is 9.95. The molecule has 5 nitrogen and oxygen atoms in total. The van der Waals surface area contributed by atoms with Gasteiger partial charge < -0.3 is 10.5 Å². The summed E-state index contributed by atoms with van der Waals surface area (Å²) < 4.78 is 5.27. The Kier molecular flexibility index (Phi) is 4.75. The molecule has 6 heteroatoms. The van der Waals surface area contributed by atoms with Crippen molar-refractivity contribution in [3.63, 3.8) is 0 Å². The van der Waals surface area contributed by atoms with Crippen LogP contribution in [0.15, 0.2) is 30.4 Å². The van der Waals surface area contributed by atoms with E-state index >= 15 is 0 Å². The Bertz CT molecular complexity index is 407. The van der Waals surface area contributed by atoms with Gasteiger partial charge in [0.05, 0.1) is 4.92 Å². The van der Waals surface area contributed by atoms with Crippen LogP contribution in [0.1, 0.15) is 0 Å². The number of benzene rings is 1. The minimum atomic E-state index is -0.541. The van der Waals surface area contributed by atoms with Crippen molar-refractivity contribution < 1.29 is 9.66 Å². The van der Waals surface area contributed by atoms with Crippen LogP contribution in [0.2, 0.25) is 5.02 Å². The molecule has 0 fully saturated rings. The van der Waals surface area contributed by atoms with E-state index in [2.05, 4.69) is 0 Å². The monoisotopic (exact) mass is 242 g/mol. The summed E-state index contributed by atoms with van der Waals surface area (Å²) in [5.74, 6) is 0.484. The molecule has 0 unspecified atom stereocenters. The van der Waals surface area contributed by atoms with Crippen LogP contribution in [0.3, 0.4) is 0 Å². The molecule has 0 aliphatic carbocycles. The first-order valence-electron chi connectivity index (χ1n) is 4.57. The van der Waals surface area contributed by atoms with E-state index in [0.717, 1.165) is 0 Å². The maximum absolute atomic E-state index is 10.5. The summed E-state index contributed by atoms with van der Waals surface area (Å²) in [5.41, 5.74) is 5.11. The van der Waals surface area contributed by atoms with Gasteiger partial charge in [-0.2, -0.15) is 0 Å².